The highest BCUT2D eigenvalue weighted by atomic mass is 16.2. The van der Waals surface area contributed by atoms with Gasteiger partial charge in [-0.15, -0.1) is 0 Å². The minimum absolute atomic E-state index is 0.0248. The SMILES string of the molecule is N#Cc1cccc(NC(=O)CN2CCC(c3ccccc3)CC2)c1. The number of nitrogens with zero attached hydrogens (tertiary/aromatic N) is 2. The van der Waals surface area contributed by atoms with E-state index in [1.54, 1.807) is 24.3 Å². The number of nitrogens with one attached hydrogen (secondary N) is 1. The van der Waals surface area contributed by atoms with Gasteiger partial charge in [0.1, 0.15) is 0 Å². The van der Waals surface area contributed by atoms with Gasteiger partial charge in [-0.2, -0.15) is 5.26 Å². The molecule has 2 aromatic carbocycles. The number of hydrogen-bond acceptors (Lipinski definition) is 3. The summed E-state index contributed by atoms with van der Waals surface area (Å²) in [5.74, 6) is 0.570. The normalized spacial score (nSPS) is 15.6. The zero-order chi connectivity index (χ0) is 16.8. The summed E-state index contributed by atoms with van der Waals surface area (Å²) in [4.78, 5) is 14.4. The van der Waals surface area contributed by atoms with Gasteiger partial charge in [-0.1, -0.05) is 36.4 Å². The van der Waals surface area contributed by atoms with Gasteiger partial charge in [-0.05, 0) is 55.6 Å². The number of hydrogen-bond donors (Lipinski definition) is 1. The Morgan fingerprint density at radius 3 is 2.58 bits per heavy atom. The molecular weight excluding hydrogens is 298 g/mol. The molecule has 0 radical (unpaired) electrons. The van der Waals surface area contributed by atoms with Crippen LogP contribution in [0.1, 0.15) is 29.9 Å². The predicted octanol–water partition coefficient (Wildman–Crippen LogP) is 3.38. The summed E-state index contributed by atoms with van der Waals surface area (Å²) in [5.41, 5.74) is 2.63. The van der Waals surface area contributed by atoms with Gasteiger partial charge in [0.15, 0.2) is 0 Å². The topological polar surface area (TPSA) is 56.1 Å². The van der Waals surface area contributed by atoms with Crippen molar-refractivity contribution in [1.82, 2.24) is 4.90 Å². The second kappa shape index (κ2) is 7.76. The molecule has 24 heavy (non-hydrogen) atoms. The third-order valence-electron chi connectivity index (χ3n) is 4.50. The third-order valence-corrected chi connectivity index (χ3v) is 4.50. The molecule has 1 saturated heterocycles. The third kappa shape index (κ3) is 4.21. The maximum Gasteiger partial charge on any atom is 0.238 e. The molecule has 1 N–H and O–H groups in total. The predicted molar refractivity (Wildman–Crippen MR) is 94.6 cm³/mol. The van der Waals surface area contributed by atoms with Crippen LogP contribution in [0.3, 0.4) is 0 Å². The van der Waals surface area contributed by atoms with E-state index in [1.807, 2.05) is 6.07 Å². The molecule has 0 atom stereocenters. The molecule has 0 saturated carbocycles. The number of benzene rings is 2. The molecule has 1 aliphatic rings. The molecule has 1 heterocycles. The maximum atomic E-state index is 12.2. The lowest BCUT2D eigenvalue weighted by molar-refractivity contribution is -0.117. The average molecular weight is 319 g/mol. The van der Waals surface area contributed by atoms with Crippen molar-refractivity contribution in [3.8, 4) is 6.07 Å². The number of likely N-dealkylation sites (tertiary alicyclic amines) is 1. The van der Waals surface area contributed by atoms with E-state index in [0.29, 0.717) is 23.7 Å². The fraction of sp³-hybridized carbons (Fsp3) is 0.300. The highest BCUT2D eigenvalue weighted by Gasteiger charge is 2.21. The van der Waals surface area contributed by atoms with Crippen molar-refractivity contribution >= 4 is 11.6 Å². The minimum Gasteiger partial charge on any atom is -0.325 e. The van der Waals surface area contributed by atoms with E-state index >= 15 is 0 Å². The van der Waals surface area contributed by atoms with E-state index in [2.05, 4.69) is 40.6 Å². The first kappa shape index (κ1) is 16.2. The van der Waals surface area contributed by atoms with Crippen LogP contribution in [-0.2, 0) is 4.79 Å². The fourth-order valence-electron chi connectivity index (χ4n) is 3.22. The lowest BCUT2D eigenvalue weighted by Crippen LogP contribution is -2.38. The van der Waals surface area contributed by atoms with Gasteiger partial charge < -0.3 is 5.32 Å². The Morgan fingerprint density at radius 1 is 1.12 bits per heavy atom. The van der Waals surface area contributed by atoms with Crippen LogP contribution in [0.15, 0.2) is 54.6 Å². The standard InChI is InChI=1S/C20H21N3O/c21-14-16-5-4-8-19(13-16)22-20(24)15-23-11-9-18(10-12-23)17-6-2-1-3-7-17/h1-8,13,18H,9-12,15H2,(H,22,24). The van der Waals surface area contributed by atoms with E-state index in [-0.39, 0.29) is 5.91 Å². The molecule has 3 rings (SSSR count). The first-order chi connectivity index (χ1) is 11.7. The smallest absolute Gasteiger partial charge is 0.238 e. The van der Waals surface area contributed by atoms with Crippen molar-refractivity contribution in [2.75, 3.05) is 25.0 Å². The van der Waals surface area contributed by atoms with Crippen LogP contribution in [0.5, 0.6) is 0 Å². The summed E-state index contributed by atoms with van der Waals surface area (Å²) < 4.78 is 0. The molecule has 122 valence electrons. The number of piperidine rings is 1. The zero-order valence-electron chi connectivity index (χ0n) is 13.6. The molecule has 4 nitrogen and oxygen atoms in total. The second-order valence-corrected chi connectivity index (χ2v) is 6.20. The van der Waals surface area contributed by atoms with Crippen LogP contribution in [-0.4, -0.2) is 30.4 Å². The Kier molecular flexibility index (Phi) is 5.25. The molecule has 0 unspecified atom stereocenters. The molecule has 0 aromatic heterocycles. The van der Waals surface area contributed by atoms with E-state index in [1.165, 1.54) is 5.56 Å². The summed E-state index contributed by atoms with van der Waals surface area (Å²) in [7, 11) is 0. The average Bonchev–Trinajstić information content (AvgIpc) is 2.63. The Morgan fingerprint density at radius 2 is 1.88 bits per heavy atom. The first-order valence-electron chi connectivity index (χ1n) is 8.32. The molecule has 1 fully saturated rings. The Bertz CT molecular complexity index is 728. The van der Waals surface area contributed by atoms with Gasteiger partial charge in [0.2, 0.25) is 5.91 Å². The van der Waals surface area contributed by atoms with Crippen molar-refractivity contribution in [3.05, 3.63) is 65.7 Å². The van der Waals surface area contributed by atoms with E-state index in [9.17, 15) is 4.79 Å². The Labute approximate surface area is 142 Å². The maximum absolute atomic E-state index is 12.2. The fourth-order valence-corrected chi connectivity index (χ4v) is 3.22. The van der Waals surface area contributed by atoms with Crippen LogP contribution in [0.25, 0.3) is 0 Å². The lowest BCUT2D eigenvalue weighted by atomic mass is 9.89. The van der Waals surface area contributed by atoms with E-state index in [0.717, 1.165) is 25.9 Å². The first-order valence-corrected chi connectivity index (χ1v) is 8.32. The van der Waals surface area contributed by atoms with Gasteiger partial charge in [-0.3, -0.25) is 9.69 Å². The quantitative estimate of drug-likeness (QED) is 0.940. The molecule has 0 aliphatic carbocycles. The number of rotatable bonds is 4. The van der Waals surface area contributed by atoms with Crippen LogP contribution in [0, 0.1) is 11.3 Å². The van der Waals surface area contributed by atoms with Gasteiger partial charge in [0.25, 0.3) is 0 Å². The molecule has 2 aromatic rings. The monoisotopic (exact) mass is 319 g/mol. The molecule has 0 spiro atoms. The Balaban J connectivity index is 1.49. The van der Waals surface area contributed by atoms with Gasteiger partial charge in [-0.25, -0.2) is 0 Å². The van der Waals surface area contributed by atoms with Gasteiger partial charge in [0, 0.05) is 5.69 Å². The van der Waals surface area contributed by atoms with Crippen LogP contribution < -0.4 is 5.32 Å². The van der Waals surface area contributed by atoms with Crippen molar-refractivity contribution in [2.45, 2.75) is 18.8 Å². The number of carbonyl (C=O) groups excluding carboxylic acids is 1. The summed E-state index contributed by atoms with van der Waals surface area (Å²) in [6.45, 7) is 2.27. The van der Waals surface area contributed by atoms with Gasteiger partial charge in [0.05, 0.1) is 18.2 Å². The number of anilines is 1. The summed E-state index contributed by atoms with van der Waals surface area (Å²) in [6, 6.07) is 19.7. The highest BCUT2D eigenvalue weighted by molar-refractivity contribution is 5.92. The van der Waals surface area contributed by atoms with E-state index in [4.69, 9.17) is 5.26 Å². The summed E-state index contributed by atoms with van der Waals surface area (Å²) >= 11 is 0. The highest BCUT2D eigenvalue weighted by Crippen LogP contribution is 2.27. The van der Waals surface area contributed by atoms with Crippen molar-refractivity contribution < 1.29 is 4.79 Å². The van der Waals surface area contributed by atoms with Crippen molar-refractivity contribution in [2.24, 2.45) is 0 Å². The zero-order valence-corrected chi connectivity index (χ0v) is 13.6. The molecular formula is C20H21N3O. The number of carbonyl (C=O) groups is 1. The summed E-state index contributed by atoms with van der Waals surface area (Å²) in [6.07, 6.45) is 2.17. The van der Waals surface area contributed by atoms with Crippen LogP contribution in [0.4, 0.5) is 5.69 Å². The van der Waals surface area contributed by atoms with Crippen LogP contribution in [0.2, 0.25) is 0 Å². The number of amides is 1. The minimum atomic E-state index is -0.0248. The van der Waals surface area contributed by atoms with Crippen LogP contribution >= 0.6 is 0 Å². The lowest BCUT2D eigenvalue weighted by Gasteiger charge is -2.31. The van der Waals surface area contributed by atoms with Crippen molar-refractivity contribution in [1.29, 1.82) is 5.26 Å². The van der Waals surface area contributed by atoms with E-state index < -0.39 is 0 Å². The molecule has 1 amide bonds. The van der Waals surface area contributed by atoms with Gasteiger partial charge >= 0.3 is 0 Å². The number of nitriles is 1. The molecule has 4 heteroatoms. The summed E-state index contributed by atoms with van der Waals surface area (Å²) in [5, 5.41) is 11.8. The molecule has 0 bridgehead atoms. The Hall–Kier alpha value is -2.64. The molecule has 1 aliphatic heterocycles. The second-order valence-electron chi connectivity index (χ2n) is 6.20. The van der Waals surface area contributed by atoms with Crippen molar-refractivity contribution in [3.63, 3.8) is 0 Å². The largest absolute Gasteiger partial charge is 0.325 e.